The van der Waals surface area contributed by atoms with Crippen molar-refractivity contribution in [3.63, 3.8) is 0 Å². The molecular weight excluding hydrogens is 223 g/mol. The second kappa shape index (κ2) is 3.96. The van der Waals surface area contributed by atoms with Crippen molar-refractivity contribution in [3.05, 3.63) is 0 Å². The third kappa shape index (κ3) is 1.50. The number of aldehydes is 3. The summed E-state index contributed by atoms with van der Waals surface area (Å²) in [7, 11) is 0. The first-order valence-electron chi connectivity index (χ1n) is 3.81. The molecule has 1 rings (SSSR count). The van der Waals surface area contributed by atoms with Crippen molar-refractivity contribution in [3.8, 4) is 0 Å². The summed E-state index contributed by atoms with van der Waals surface area (Å²) in [4.78, 5) is 32.0. The summed E-state index contributed by atoms with van der Waals surface area (Å²) in [5.74, 6) is -0.360. The minimum atomic E-state index is -0.938. The van der Waals surface area contributed by atoms with Crippen LogP contribution in [0.5, 0.6) is 0 Å². The molecule has 1 heterocycles. The van der Waals surface area contributed by atoms with E-state index in [1.165, 1.54) is 0 Å². The van der Waals surface area contributed by atoms with E-state index in [1.807, 2.05) is 0 Å². The zero-order valence-electron chi connectivity index (χ0n) is 6.56. The normalized spacial score (nSPS) is 27.5. The van der Waals surface area contributed by atoms with Crippen molar-refractivity contribution in [2.24, 2.45) is 5.92 Å². The molecule has 1 unspecified atom stereocenters. The van der Waals surface area contributed by atoms with Gasteiger partial charge in [-0.15, -0.1) is 0 Å². The van der Waals surface area contributed by atoms with Crippen LogP contribution in [0.2, 0.25) is 9.63 Å². The first kappa shape index (κ1) is 9.62. The molecule has 1 fully saturated rings. The molecule has 66 valence electrons. The minimum absolute atomic E-state index is 0.0275. The van der Waals surface area contributed by atoms with Crippen LogP contribution >= 0.6 is 0 Å². The Morgan fingerprint density at radius 2 is 1.92 bits per heavy atom. The molecule has 0 N–H and O–H groups in total. The molecule has 0 spiro atoms. The van der Waals surface area contributed by atoms with E-state index >= 15 is 0 Å². The molecule has 0 bridgehead atoms. The molecule has 0 aliphatic carbocycles. The van der Waals surface area contributed by atoms with Crippen LogP contribution < -0.4 is 0 Å². The molecular formula is C8H10O3Se. The maximum atomic E-state index is 10.7. The summed E-state index contributed by atoms with van der Waals surface area (Å²) < 4.78 is -0.938. The monoisotopic (exact) mass is 234 g/mol. The Balaban J connectivity index is 2.86. The van der Waals surface area contributed by atoms with Crippen LogP contribution in [0.15, 0.2) is 0 Å². The van der Waals surface area contributed by atoms with Gasteiger partial charge in [0.05, 0.1) is 0 Å². The number of hydrogen-bond acceptors (Lipinski definition) is 3. The summed E-state index contributed by atoms with van der Waals surface area (Å²) in [6, 6.07) is 0. The fraction of sp³-hybridized carbons (Fsp3) is 0.625. The molecule has 0 aromatic rings. The van der Waals surface area contributed by atoms with Crippen LogP contribution in [0.25, 0.3) is 0 Å². The van der Waals surface area contributed by atoms with Crippen LogP contribution in [0.3, 0.4) is 0 Å². The molecule has 1 atom stereocenters. The van der Waals surface area contributed by atoms with Gasteiger partial charge in [0.2, 0.25) is 0 Å². The van der Waals surface area contributed by atoms with Crippen molar-refractivity contribution in [2.45, 2.75) is 22.5 Å². The van der Waals surface area contributed by atoms with Gasteiger partial charge in [-0.25, -0.2) is 0 Å². The second-order valence-corrected chi connectivity index (χ2v) is 5.77. The molecule has 12 heavy (non-hydrogen) atoms. The predicted octanol–water partition coefficient (Wildman–Crippen LogP) is 0.274. The van der Waals surface area contributed by atoms with Crippen molar-refractivity contribution >= 4 is 33.8 Å². The number of hydrogen-bond donors (Lipinski definition) is 0. The fourth-order valence-electron chi connectivity index (χ4n) is 1.33. The zero-order valence-corrected chi connectivity index (χ0v) is 8.28. The van der Waals surface area contributed by atoms with E-state index in [0.29, 0.717) is 19.0 Å². The van der Waals surface area contributed by atoms with Crippen molar-refractivity contribution in [1.29, 1.82) is 0 Å². The Kier molecular flexibility index (Phi) is 3.18. The van der Waals surface area contributed by atoms with Gasteiger partial charge in [-0.1, -0.05) is 0 Å². The van der Waals surface area contributed by atoms with Gasteiger partial charge >= 0.3 is 76.6 Å². The van der Waals surface area contributed by atoms with Crippen LogP contribution in [0.1, 0.15) is 12.8 Å². The molecule has 0 amide bonds. The van der Waals surface area contributed by atoms with E-state index in [9.17, 15) is 14.4 Å². The zero-order chi connectivity index (χ0) is 9.03. The van der Waals surface area contributed by atoms with Gasteiger partial charge in [0.25, 0.3) is 0 Å². The Morgan fingerprint density at radius 1 is 1.25 bits per heavy atom. The molecule has 0 saturated carbocycles. The molecule has 4 heteroatoms. The van der Waals surface area contributed by atoms with Crippen LogP contribution in [-0.2, 0) is 14.4 Å². The molecule has 1 aliphatic heterocycles. The average molecular weight is 233 g/mol. The standard InChI is InChI=1S/C8H10O3Se/c9-4-7-2-1-3-12-8(7,5-10)6-11/h4-7H,1-3H2. The van der Waals surface area contributed by atoms with Gasteiger partial charge in [0.1, 0.15) is 0 Å². The van der Waals surface area contributed by atoms with E-state index in [1.54, 1.807) is 0 Å². The first-order chi connectivity index (χ1) is 5.79. The van der Waals surface area contributed by atoms with Gasteiger partial charge in [-0.3, -0.25) is 0 Å². The Bertz CT molecular complexity index is 194. The predicted molar refractivity (Wildman–Crippen MR) is 44.2 cm³/mol. The van der Waals surface area contributed by atoms with Crippen molar-refractivity contribution < 1.29 is 14.4 Å². The summed E-state index contributed by atoms with van der Waals surface area (Å²) in [5, 5.41) is 0.925. The molecule has 0 radical (unpaired) electrons. The summed E-state index contributed by atoms with van der Waals surface area (Å²) in [6.45, 7) is 0. The molecule has 3 nitrogen and oxygen atoms in total. The van der Waals surface area contributed by atoms with Crippen LogP contribution in [0.4, 0.5) is 0 Å². The number of carbonyl (C=O) groups excluding carboxylic acids is 3. The SMILES string of the molecule is O=CC1CCC[Se]C1(C=O)C=O. The van der Waals surface area contributed by atoms with E-state index in [4.69, 9.17) is 0 Å². The van der Waals surface area contributed by atoms with E-state index in [2.05, 4.69) is 0 Å². The van der Waals surface area contributed by atoms with Crippen LogP contribution in [0, 0.1) is 5.92 Å². The van der Waals surface area contributed by atoms with E-state index in [-0.39, 0.29) is 20.9 Å². The van der Waals surface area contributed by atoms with E-state index in [0.717, 1.165) is 18.0 Å². The quantitative estimate of drug-likeness (QED) is 0.399. The van der Waals surface area contributed by atoms with Crippen LogP contribution in [-0.4, -0.2) is 33.8 Å². The Hall–Kier alpha value is -0.471. The molecule has 0 aromatic carbocycles. The first-order valence-corrected chi connectivity index (χ1v) is 5.88. The fourth-order valence-corrected chi connectivity index (χ4v) is 3.82. The third-order valence-electron chi connectivity index (χ3n) is 2.12. The Morgan fingerprint density at radius 3 is 2.33 bits per heavy atom. The van der Waals surface area contributed by atoms with Gasteiger partial charge in [0, 0.05) is 0 Å². The summed E-state index contributed by atoms with van der Waals surface area (Å²) >= 11 is -0.0275. The number of carbonyl (C=O) groups is 3. The topological polar surface area (TPSA) is 51.2 Å². The summed E-state index contributed by atoms with van der Waals surface area (Å²) in [5.41, 5.74) is 0. The van der Waals surface area contributed by atoms with Crippen molar-refractivity contribution in [1.82, 2.24) is 0 Å². The second-order valence-electron chi connectivity index (χ2n) is 2.82. The molecule has 1 aliphatic rings. The van der Waals surface area contributed by atoms with Gasteiger partial charge in [-0.05, 0) is 0 Å². The molecule has 0 aromatic heterocycles. The van der Waals surface area contributed by atoms with Gasteiger partial charge in [0.15, 0.2) is 0 Å². The van der Waals surface area contributed by atoms with Gasteiger partial charge < -0.3 is 0 Å². The van der Waals surface area contributed by atoms with E-state index < -0.39 is 4.31 Å². The summed E-state index contributed by atoms with van der Waals surface area (Å²) in [6.07, 6.45) is 3.73. The number of rotatable bonds is 3. The molecule has 1 saturated heterocycles. The van der Waals surface area contributed by atoms with Crippen molar-refractivity contribution in [2.75, 3.05) is 0 Å². The Labute approximate surface area is 77.1 Å². The maximum absolute atomic E-state index is 10.7. The van der Waals surface area contributed by atoms with Gasteiger partial charge in [-0.2, -0.15) is 0 Å². The average Bonchev–Trinajstić information content (AvgIpc) is 2.17. The third-order valence-corrected chi connectivity index (χ3v) is 5.25.